The number of ether oxygens (including phenoxy) is 2. The first-order chi connectivity index (χ1) is 11.3. The summed E-state index contributed by atoms with van der Waals surface area (Å²) in [6, 6.07) is 7.25. The minimum absolute atomic E-state index is 0.0689. The number of hydrogen-bond acceptors (Lipinski definition) is 4. The van der Waals surface area contributed by atoms with Crippen molar-refractivity contribution in [1.29, 1.82) is 0 Å². The summed E-state index contributed by atoms with van der Waals surface area (Å²) in [6.45, 7) is 1.30. The van der Waals surface area contributed by atoms with E-state index in [2.05, 4.69) is 12.2 Å². The fourth-order valence-electron chi connectivity index (χ4n) is 4.39. The number of fused-ring (bicyclic) bond motifs is 4. The third-order valence-corrected chi connectivity index (χ3v) is 5.63. The van der Waals surface area contributed by atoms with E-state index < -0.39 is 6.29 Å². The van der Waals surface area contributed by atoms with E-state index in [0.717, 1.165) is 6.42 Å². The lowest BCUT2D eigenvalue weighted by molar-refractivity contribution is -0.240. The summed E-state index contributed by atoms with van der Waals surface area (Å²) in [5.41, 5.74) is 1.08. The van der Waals surface area contributed by atoms with E-state index in [1.54, 1.807) is 12.1 Å². The van der Waals surface area contributed by atoms with Gasteiger partial charge in [0.15, 0.2) is 6.29 Å². The lowest BCUT2D eigenvalue weighted by Gasteiger charge is -2.41. The molecular formula is C19H18O4. The van der Waals surface area contributed by atoms with Crippen molar-refractivity contribution in [3.05, 3.63) is 58.5 Å². The molecule has 2 heterocycles. The molecule has 5 rings (SSSR count). The second-order valence-corrected chi connectivity index (χ2v) is 7.02. The molecule has 4 nitrogen and oxygen atoms in total. The van der Waals surface area contributed by atoms with Crippen LogP contribution in [0.2, 0.25) is 0 Å². The van der Waals surface area contributed by atoms with Gasteiger partial charge in [-0.15, -0.1) is 0 Å². The van der Waals surface area contributed by atoms with E-state index in [4.69, 9.17) is 13.9 Å². The Morgan fingerprint density at radius 1 is 1.09 bits per heavy atom. The third kappa shape index (κ3) is 1.95. The fraction of sp³-hybridized carbons (Fsp3) is 0.421. The smallest absolute Gasteiger partial charge is 0.200 e. The Bertz CT molecular complexity index is 842. The molecule has 0 amide bonds. The van der Waals surface area contributed by atoms with Crippen LogP contribution in [0.4, 0.5) is 0 Å². The molecule has 1 spiro atoms. The molecule has 1 aliphatic heterocycles. The third-order valence-electron chi connectivity index (χ3n) is 5.63. The highest BCUT2D eigenvalue weighted by Crippen LogP contribution is 2.54. The first-order valence-electron chi connectivity index (χ1n) is 8.17. The highest BCUT2D eigenvalue weighted by molar-refractivity contribution is 5.76. The largest absolute Gasteiger partial charge is 0.464 e. The van der Waals surface area contributed by atoms with Crippen molar-refractivity contribution in [2.24, 2.45) is 17.3 Å². The molecule has 0 unspecified atom stereocenters. The summed E-state index contributed by atoms with van der Waals surface area (Å²) in [6.07, 6.45) is 7.84. The number of benzene rings is 1. The van der Waals surface area contributed by atoms with Crippen molar-refractivity contribution in [2.45, 2.75) is 19.1 Å². The lowest BCUT2D eigenvalue weighted by Crippen LogP contribution is -2.42. The lowest BCUT2D eigenvalue weighted by atomic mass is 9.76. The zero-order valence-corrected chi connectivity index (χ0v) is 12.7. The maximum atomic E-state index is 12.6. The molecule has 1 aromatic heterocycles. The van der Waals surface area contributed by atoms with Gasteiger partial charge in [-0.2, -0.15) is 0 Å². The average Bonchev–Trinajstić information content (AvgIpc) is 3.18. The summed E-state index contributed by atoms with van der Waals surface area (Å²) in [7, 11) is 0. The first kappa shape index (κ1) is 13.5. The van der Waals surface area contributed by atoms with Gasteiger partial charge in [0.2, 0.25) is 5.43 Å². The first-order valence-corrected chi connectivity index (χ1v) is 8.17. The molecule has 2 fully saturated rings. The minimum atomic E-state index is -0.621. The number of para-hydroxylation sites is 1. The Balaban J connectivity index is 1.43. The van der Waals surface area contributed by atoms with Crippen molar-refractivity contribution in [3.63, 3.8) is 0 Å². The number of rotatable bonds is 1. The maximum Gasteiger partial charge on any atom is 0.200 e. The van der Waals surface area contributed by atoms with Gasteiger partial charge < -0.3 is 13.9 Å². The summed E-state index contributed by atoms with van der Waals surface area (Å²) < 4.78 is 17.5. The summed E-state index contributed by atoms with van der Waals surface area (Å²) in [5, 5.41) is 0.570. The van der Waals surface area contributed by atoms with Crippen molar-refractivity contribution in [3.8, 4) is 0 Å². The van der Waals surface area contributed by atoms with E-state index in [1.165, 1.54) is 12.7 Å². The monoisotopic (exact) mass is 310 g/mol. The Morgan fingerprint density at radius 2 is 1.91 bits per heavy atom. The molecular weight excluding hydrogens is 292 g/mol. The highest BCUT2D eigenvalue weighted by Gasteiger charge is 2.51. The quantitative estimate of drug-likeness (QED) is 0.757. The average molecular weight is 310 g/mol. The Hall–Kier alpha value is -1.91. The van der Waals surface area contributed by atoms with Crippen molar-refractivity contribution < 1.29 is 13.9 Å². The van der Waals surface area contributed by atoms with Gasteiger partial charge in [-0.3, -0.25) is 4.79 Å². The predicted octanol–water partition coefficient (Wildman–Crippen LogP) is 3.42. The molecule has 1 saturated carbocycles. The van der Waals surface area contributed by atoms with Crippen LogP contribution in [0, 0.1) is 17.3 Å². The molecule has 23 heavy (non-hydrogen) atoms. The van der Waals surface area contributed by atoms with E-state index in [-0.39, 0.29) is 10.8 Å². The van der Waals surface area contributed by atoms with Crippen LogP contribution in [-0.2, 0) is 9.47 Å². The van der Waals surface area contributed by atoms with Gasteiger partial charge in [-0.25, -0.2) is 0 Å². The summed E-state index contributed by atoms with van der Waals surface area (Å²) in [5.74, 6) is 1.23. The molecule has 118 valence electrons. The van der Waals surface area contributed by atoms with Gasteiger partial charge in [0.1, 0.15) is 11.8 Å². The van der Waals surface area contributed by atoms with Crippen LogP contribution in [0.3, 0.4) is 0 Å². The summed E-state index contributed by atoms with van der Waals surface area (Å²) in [4.78, 5) is 12.6. The van der Waals surface area contributed by atoms with Crippen LogP contribution >= 0.6 is 0 Å². The summed E-state index contributed by atoms with van der Waals surface area (Å²) >= 11 is 0. The topological polar surface area (TPSA) is 48.7 Å². The SMILES string of the molecule is O=c1c(C2OCC3(CO2)C[C@@H]2C=C[C@@H]3C2)coc2ccccc12. The second kappa shape index (κ2) is 4.79. The maximum absolute atomic E-state index is 12.6. The fourth-order valence-corrected chi connectivity index (χ4v) is 4.39. The van der Waals surface area contributed by atoms with Crippen molar-refractivity contribution in [2.75, 3.05) is 13.2 Å². The molecule has 2 bridgehead atoms. The normalized spacial score (nSPS) is 35.4. The van der Waals surface area contributed by atoms with E-state index in [1.807, 2.05) is 12.1 Å². The highest BCUT2D eigenvalue weighted by atomic mass is 16.7. The second-order valence-electron chi connectivity index (χ2n) is 7.02. The van der Waals surface area contributed by atoms with Crippen LogP contribution in [-0.4, -0.2) is 13.2 Å². The van der Waals surface area contributed by atoms with Gasteiger partial charge >= 0.3 is 0 Å². The molecule has 0 radical (unpaired) electrons. The van der Waals surface area contributed by atoms with Gasteiger partial charge in [-0.05, 0) is 36.8 Å². The molecule has 3 aliphatic rings. The molecule has 4 heteroatoms. The Morgan fingerprint density at radius 3 is 2.65 bits per heavy atom. The number of allylic oxidation sites excluding steroid dienone is 2. The zero-order valence-electron chi connectivity index (χ0n) is 12.7. The van der Waals surface area contributed by atoms with Crippen LogP contribution in [0.25, 0.3) is 11.0 Å². The van der Waals surface area contributed by atoms with E-state index in [9.17, 15) is 4.79 Å². The predicted molar refractivity (Wildman–Crippen MR) is 84.9 cm³/mol. The molecule has 2 aliphatic carbocycles. The van der Waals surface area contributed by atoms with Crippen molar-refractivity contribution in [1.82, 2.24) is 0 Å². The van der Waals surface area contributed by atoms with Gasteiger partial charge in [0, 0.05) is 5.41 Å². The van der Waals surface area contributed by atoms with Gasteiger partial charge in [0.25, 0.3) is 0 Å². The van der Waals surface area contributed by atoms with E-state index >= 15 is 0 Å². The zero-order chi connectivity index (χ0) is 15.4. The van der Waals surface area contributed by atoms with Crippen molar-refractivity contribution >= 4 is 11.0 Å². The van der Waals surface area contributed by atoms with E-state index in [0.29, 0.717) is 41.6 Å². The molecule has 1 aromatic carbocycles. The van der Waals surface area contributed by atoms with Gasteiger partial charge in [0.05, 0.1) is 24.2 Å². The standard InChI is InChI=1S/C19H18O4/c20-17-14-3-1-2-4-16(14)21-9-15(17)18-22-10-19(11-23-18)8-12-5-6-13(19)7-12/h1-6,9,12-13,18H,7-8,10-11H2/t12-,13-,18?,19?/m1/s1. The molecule has 1 saturated heterocycles. The number of hydrogen-bond donors (Lipinski definition) is 0. The van der Waals surface area contributed by atoms with Gasteiger partial charge in [-0.1, -0.05) is 24.3 Å². The van der Waals surface area contributed by atoms with Crippen LogP contribution in [0.1, 0.15) is 24.7 Å². The molecule has 2 atom stereocenters. The Kier molecular flexibility index (Phi) is 2.82. The van der Waals surface area contributed by atoms with Crippen LogP contribution < -0.4 is 5.43 Å². The molecule has 0 N–H and O–H groups in total. The van der Waals surface area contributed by atoms with Crippen LogP contribution in [0.5, 0.6) is 0 Å². The Labute approximate surface area is 133 Å². The minimum Gasteiger partial charge on any atom is -0.464 e. The molecule has 2 aromatic rings. The van der Waals surface area contributed by atoms with Crippen LogP contribution in [0.15, 0.2) is 51.9 Å².